The first-order chi connectivity index (χ1) is 9.25. The minimum Gasteiger partial charge on any atom is -0.370 e. The maximum absolute atomic E-state index is 6.43. The highest BCUT2D eigenvalue weighted by Crippen LogP contribution is 2.37. The first-order valence-electron chi connectivity index (χ1n) is 6.79. The fourth-order valence-electron chi connectivity index (χ4n) is 2.27. The van der Waals surface area contributed by atoms with Crippen molar-refractivity contribution in [3.63, 3.8) is 0 Å². The van der Waals surface area contributed by atoms with Crippen molar-refractivity contribution >= 4 is 39.9 Å². The molecule has 2 aromatic rings. The van der Waals surface area contributed by atoms with Gasteiger partial charge in [-0.3, -0.25) is 0 Å². The average molecular weight is 311 g/mol. The lowest BCUT2D eigenvalue weighted by Crippen LogP contribution is -2.16. The lowest BCUT2D eigenvalue weighted by molar-refractivity contribution is 0.590. The maximum Gasteiger partial charge on any atom is 0.130 e. The van der Waals surface area contributed by atoms with Crippen LogP contribution in [0.3, 0.4) is 0 Å². The second kappa shape index (κ2) is 5.42. The van der Waals surface area contributed by atoms with E-state index in [-0.39, 0.29) is 5.41 Å². The first-order valence-corrected chi connectivity index (χ1v) is 7.55. The largest absolute Gasteiger partial charge is 0.370 e. The molecule has 20 heavy (non-hydrogen) atoms. The molecule has 1 N–H and O–H groups in total. The summed E-state index contributed by atoms with van der Waals surface area (Å²) < 4.78 is 0. The summed E-state index contributed by atoms with van der Waals surface area (Å²) in [5.41, 5.74) is 2.86. The van der Waals surface area contributed by atoms with E-state index in [0.717, 1.165) is 39.4 Å². The van der Waals surface area contributed by atoms with Gasteiger partial charge in [-0.15, -0.1) is 0 Å². The number of nitrogens with zero attached hydrogens (tertiary/aromatic N) is 1. The minimum absolute atomic E-state index is 0.0156. The third-order valence-electron chi connectivity index (χ3n) is 3.33. The molecule has 0 radical (unpaired) electrons. The van der Waals surface area contributed by atoms with Gasteiger partial charge < -0.3 is 5.32 Å². The predicted molar refractivity (Wildman–Crippen MR) is 89.4 cm³/mol. The number of hydrogen-bond acceptors (Lipinski definition) is 2. The van der Waals surface area contributed by atoms with Crippen LogP contribution in [0.5, 0.6) is 0 Å². The normalized spacial score (nSPS) is 11.9. The van der Waals surface area contributed by atoms with Gasteiger partial charge in [-0.05, 0) is 37.0 Å². The third-order valence-corrected chi connectivity index (χ3v) is 4.12. The van der Waals surface area contributed by atoms with E-state index in [1.807, 2.05) is 13.0 Å². The van der Waals surface area contributed by atoms with Crippen LogP contribution in [-0.2, 0) is 5.41 Å². The Morgan fingerprint density at radius 1 is 1.20 bits per heavy atom. The van der Waals surface area contributed by atoms with Crippen LogP contribution in [0.1, 0.15) is 38.8 Å². The molecule has 0 saturated heterocycles. The van der Waals surface area contributed by atoms with Gasteiger partial charge in [0, 0.05) is 17.5 Å². The summed E-state index contributed by atoms with van der Waals surface area (Å²) in [5, 5.41) is 5.61. The van der Waals surface area contributed by atoms with Crippen molar-refractivity contribution in [1.29, 1.82) is 0 Å². The van der Waals surface area contributed by atoms with Crippen LogP contribution in [0.15, 0.2) is 12.1 Å². The molecule has 1 aromatic carbocycles. The molecule has 0 fully saturated rings. The van der Waals surface area contributed by atoms with Crippen molar-refractivity contribution in [2.75, 3.05) is 11.9 Å². The first kappa shape index (κ1) is 15.4. The molecule has 0 atom stereocenters. The topological polar surface area (TPSA) is 24.9 Å². The Morgan fingerprint density at radius 3 is 2.40 bits per heavy atom. The number of nitrogens with one attached hydrogen (secondary N) is 1. The van der Waals surface area contributed by atoms with Crippen LogP contribution >= 0.6 is 23.2 Å². The van der Waals surface area contributed by atoms with Crippen LogP contribution in [0.25, 0.3) is 10.9 Å². The zero-order valence-corrected chi connectivity index (χ0v) is 14.1. The number of anilines is 1. The highest BCUT2D eigenvalue weighted by molar-refractivity contribution is 6.40. The molecule has 0 aliphatic rings. The number of pyridine rings is 1. The van der Waals surface area contributed by atoms with Crippen LogP contribution in [0.2, 0.25) is 10.0 Å². The summed E-state index contributed by atoms with van der Waals surface area (Å²) in [4.78, 5) is 4.71. The quantitative estimate of drug-likeness (QED) is 0.783. The van der Waals surface area contributed by atoms with Crippen LogP contribution < -0.4 is 5.32 Å². The lowest BCUT2D eigenvalue weighted by atomic mass is 9.86. The second-order valence-electron chi connectivity index (χ2n) is 6.05. The van der Waals surface area contributed by atoms with Gasteiger partial charge in [0.05, 0.1) is 15.6 Å². The molecule has 2 rings (SSSR count). The summed E-state index contributed by atoms with van der Waals surface area (Å²) in [6.07, 6.45) is 0. The number of fused-ring (bicyclic) bond motifs is 1. The Kier molecular flexibility index (Phi) is 4.17. The van der Waals surface area contributed by atoms with Crippen LogP contribution in [0.4, 0.5) is 5.82 Å². The Morgan fingerprint density at radius 2 is 1.85 bits per heavy atom. The van der Waals surface area contributed by atoms with Gasteiger partial charge in [0.25, 0.3) is 0 Å². The zero-order chi connectivity index (χ0) is 15.1. The van der Waals surface area contributed by atoms with Gasteiger partial charge in [-0.1, -0.05) is 44.0 Å². The van der Waals surface area contributed by atoms with Crippen molar-refractivity contribution in [2.45, 2.75) is 40.0 Å². The van der Waals surface area contributed by atoms with Gasteiger partial charge in [0.1, 0.15) is 5.82 Å². The lowest BCUT2D eigenvalue weighted by Gasteiger charge is -2.23. The summed E-state index contributed by atoms with van der Waals surface area (Å²) in [6, 6.07) is 3.98. The van der Waals surface area contributed by atoms with Crippen molar-refractivity contribution in [2.24, 2.45) is 0 Å². The molecule has 0 aliphatic carbocycles. The summed E-state index contributed by atoms with van der Waals surface area (Å²) in [7, 11) is 0. The van der Waals surface area contributed by atoms with Crippen molar-refractivity contribution in [3.05, 3.63) is 33.3 Å². The second-order valence-corrected chi connectivity index (χ2v) is 6.84. The Bertz CT molecular complexity index is 658. The maximum atomic E-state index is 6.43. The highest BCUT2D eigenvalue weighted by Gasteiger charge is 2.21. The smallest absolute Gasteiger partial charge is 0.130 e. The Labute approximate surface area is 130 Å². The molecular formula is C16H20Cl2N2. The van der Waals surface area contributed by atoms with E-state index in [9.17, 15) is 0 Å². The fourth-order valence-corrected chi connectivity index (χ4v) is 2.78. The summed E-state index contributed by atoms with van der Waals surface area (Å²) in [6.45, 7) is 11.3. The van der Waals surface area contributed by atoms with Crippen LogP contribution in [-0.4, -0.2) is 11.5 Å². The highest BCUT2D eigenvalue weighted by atomic mass is 35.5. The summed E-state index contributed by atoms with van der Waals surface area (Å²) in [5.74, 6) is 0.884. The average Bonchev–Trinajstić information content (AvgIpc) is 2.35. The fraction of sp³-hybridized carbons (Fsp3) is 0.438. The van der Waals surface area contributed by atoms with E-state index in [4.69, 9.17) is 28.2 Å². The molecule has 1 heterocycles. The third kappa shape index (κ3) is 2.72. The van der Waals surface area contributed by atoms with Crippen LogP contribution in [0, 0.1) is 6.92 Å². The van der Waals surface area contributed by atoms with E-state index in [1.54, 1.807) is 0 Å². The predicted octanol–water partition coefficient (Wildman–Crippen LogP) is 5.58. The molecule has 108 valence electrons. The number of benzene rings is 1. The van der Waals surface area contributed by atoms with Crippen molar-refractivity contribution in [1.82, 2.24) is 4.98 Å². The SMILES string of the molecule is CCNc1nc2c(Cl)cc(C)c(Cl)c2cc1C(C)(C)C. The van der Waals surface area contributed by atoms with E-state index in [1.165, 1.54) is 0 Å². The van der Waals surface area contributed by atoms with Gasteiger partial charge in [-0.25, -0.2) is 4.98 Å². The van der Waals surface area contributed by atoms with Gasteiger partial charge in [0.15, 0.2) is 0 Å². The molecule has 0 unspecified atom stereocenters. The van der Waals surface area contributed by atoms with Crippen molar-refractivity contribution in [3.8, 4) is 0 Å². The number of aryl methyl sites for hydroxylation is 1. The molecule has 0 amide bonds. The Balaban J connectivity index is 2.85. The minimum atomic E-state index is -0.0156. The molecule has 2 nitrogen and oxygen atoms in total. The van der Waals surface area contributed by atoms with Gasteiger partial charge in [-0.2, -0.15) is 0 Å². The molecule has 0 bridgehead atoms. The number of halogens is 2. The molecule has 0 saturated carbocycles. The van der Waals surface area contributed by atoms with Gasteiger partial charge in [0.2, 0.25) is 0 Å². The van der Waals surface area contributed by atoms with E-state index in [2.05, 4.69) is 39.1 Å². The number of rotatable bonds is 2. The molecular weight excluding hydrogens is 291 g/mol. The Hall–Kier alpha value is -0.990. The van der Waals surface area contributed by atoms with E-state index in [0.29, 0.717) is 5.02 Å². The molecule has 1 aromatic heterocycles. The van der Waals surface area contributed by atoms with E-state index >= 15 is 0 Å². The number of hydrogen-bond donors (Lipinski definition) is 1. The molecule has 4 heteroatoms. The standard InChI is InChI=1S/C16H20Cl2N2/c1-6-19-15-11(16(3,4)5)8-10-13(18)9(2)7-12(17)14(10)20-15/h7-8H,6H2,1-5H3,(H,19,20). The number of aromatic nitrogens is 1. The molecule has 0 spiro atoms. The van der Waals surface area contributed by atoms with Gasteiger partial charge >= 0.3 is 0 Å². The van der Waals surface area contributed by atoms with E-state index < -0.39 is 0 Å². The summed E-state index contributed by atoms with van der Waals surface area (Å²) >= 11 is 12.8. The monoisotopic (exact) mass is 310 g/mol. The zero-order valence-electron chi connectivity index (χ0n) is 12.6. The molecule has 0 aliphatic heterocycles. The van der Waals surface area contributed by atoms with Crippen molar-refractivity contribution < 1.29 is 0 Å².